The van der Waals surface area contributed by atoms with Gasteiger partial charge in [-0.05, 0) is 59.7 Å². The molecule has 0 saturated heterocycles. The van der Waals surface area contributed by atoms with Crippen LogP contribution >= 0.6 is 11.3 Å². The number of Topliss-reactive ketones (excluding diaryl/α,β-unsaturated/α-hetero) is 1. The minimum absolute atomic E-state index is 0.0480. The van der Waals surface area contributed by atoms with Gasteiger partial charge in [-0.1, -0.05) is 32.0 Å². The highest BCUT2D eigenvalue weighted by Gasteiger charge is 2.43. The van der Waals surface area contributed by atoms with Gasteiger partial charge in [0.1, 0.15) is 11.9 Å². The van der Waals surface area contributed by atoms with Gasteiger partial charge in [0.05, 0.1) is 11.4 Å². The number of para-hydroxylation sites is 2. The molecule has 6 heteroatoms. The Kier molecular flexibility index (Phi) is 4.97. The van der Waals surface area contributed by atoms with Gasteiger partial charge in [-0.3, -0.25) is 14.5 Å². The van der Waals surface area contributed by atoms with Gasteiger partial charge < -0.3 is 5.32 Å². The first-order valence-electron chi connectivity index (χ1n) is 10.6. The summed E-state index contributed by atoms with van der Waals surface area (Å²) in [5.74, 6) is -0.625. The summed E-state index contributed by atoms with van der Waals surface area (Å²) in [6, 6.07) is 16.5. The topological polar surface area (TPSA) is 49.4 Å². The van der Waals surface area contributed by atoms with Crippen molar-refractivity contribution in [3.63, 3.8) is 0 Å². The number of nitrogens with zero attached hydrogens (tertiary/aromatic N) is 1. The molecule has 2 heterocycles. The van der Waals surface area contributed by atoms with Crippen LogP contribution in [0.5, 0.6) is 0 Å². The molecule has 0 radical (unpaired) electrons. The number of anilines is 2. The number of nitrogens with one attached hydrogen (secondary N) is 1. The zero-order valence-electron chi connectivity index (χ0n) is 17.9. The molecule has 4 nitrogen and oxygen atoms in total. The lowest BCUT2D eigenvalue weighted by atomic mass is 9.74. The van der Waals surface area contributed by atoms with Crippen molar-refractivity contribution < 1.29 is 14.0 Å². The fourth-order valence-corrected chi connectivity index (χ4v) is 5.48. The van der Waals surface area contributed by atoms with E-state index < -0.39 is 11.9 Å². The number of fused-ring (bicyclic) bond motifs is 1. The first-order chi connectivity index (χ1) is 15.3. The predicted molar refractivity (Wildman–Crippen MR) is 125 cm³/mol. The van der Waals surface area contributed by atoms with Crippen molar-refractivity contribution in [3.05, 3.63) is 93.6 Å². The van der Waals surface area contributed by atoms with Crippen LogP contribution in [0.3, 0.4) is 0 Å². The molecule has 162 valence electrons. The number of hydrogen-bond donors (Lipinski definition) is 1. The van der Waals surface area contributed by atoms with Crippen LogP contribution in [0.1, 0.15) is 48.0 Å². The largest absolute Gasteiger partial charge is 0.357 e. The molecule has 1 amide bonds. The third-order valence-corrected chi connectivity index (χ3v) is 6.95. The van der Waals surface area contributed by atoms with E-state index in [2.05, 4.69) is 19.2 Å². The van der Waals surface area contributed by atoms with Crippen molar-refractivity contribution in [1.29, 1.82) is 0 Å². The number of halogens is 1. The monoisotopic (exact) mass is 446 g/mol. The Balaban J connectivity index is 1.76. The van der Waals surface area contributed by atoms with Crippen molar-refractivity contribution in [2.45, 2.75) is 32.7 Å². The van der Waals surface area contributed by atoms with Crippen LogP contribution in [-0.2, 0) is 4.79 Å². The van der Waals surface area contributed by atoms with E-state index in [0.717, 1.165) is 16.3 Å². The first-order valence-corrected chi connectivity index (χ1v) is 11.5. The lowest BCUT2D eigenvalue weighted by Crippen LogP contribution is -2.39. The Morgan fingerprint density at radius 1 is 1.06 bits per heavy atom. The maximum absolute atomic E-state index is 13.9. The molecule has 5 rings (SSSR count). The Hall–Kier alpha value is -3.25. The second-order valence-electron chi connectivity index (χ2n) is 9.08. The van der Waals surface area contributed by atoms with Gasteiger partial charge in [0.2, 0.25) is 0 Å². The SMILES string of the molecule is CC1(C)CC(=O)C2=C(C1)Nc1ccccc1N(C(=O)c1ccc(F)cc1)[C@H]2c1cccs1. The van der Waals surface area contributed by atoms with Crippen molar-refractivity contribution in [2.75, 3.05) is 10.2 Å². The second-order valence-corrected chi connectivity index (χ2v) is 10.1. The summed E-state index contributed by atoms with van der Waals surface area (Å²) in [6.07, 6.45) is 1.13. The number of ketones is 1. The molecule has 1 aliphatic carbocycles. The highest BCUT2D eigenvalue weighted by molar-refractivity contribution is 7.10. The van der Waals surface area contributed by atoms with Crippen molar-refractivity contribution in [2.24, 2.45) is 5.41 Å². The maximum atomic E-state index is 13.9. The Bertz CT molecular complexity index is 1230. The van der Waals surface area contributed by atoms with E-state index in [1.807, 2.05) is 41.8 Å². The number of carbonyl (C=O) groups excluding carboxylic acids is 2. The standard InChI is InChI=1S/C26H23FN2O2S/c1-26(2)14-19-23(21(30)15-26)24(22-8-5-13-32-22)29(20-7-4-3-6-18(20)28-19)25(31)16-9-11-17(27)12-10-16/h3-13,24,28H,14-15H2,1-2H3/t24-/m0/s1. The minimum Gasteiger partial charge on any atom is -0.357 e. The summed E-state index contributed by atoms with van der Waals surface area (Å²) in [5, 5.41) is 5.45. The number of thiophene rings is 1. The third-order valence-electron chi connectivity index (χ3n) is 6.02. The van der Waals surface area contributed by atoms with Gasteiger partial charge in [-0.25, -0.2) is 4.39 Å². The van der Waals surface area contributed by atoms with E-state index in [1.165, 1.54) is 35.6 Å². The summed E-state index contributed by atoms with van der Waals surface area (Å²) in [5.41, 5.74) is 3.18. The summed E-state index contributed by atoms with van der Waals surface area (Å²) in [6.45, 7) is 4.18. The molecule has 1 atom stereocenters. The minimum atomic E-state index is -0.553. The zero-order chi connectivity index (χ0) is 22.5. The average molecular weight is 447 g/mol. The molecule has 32 heavy (non-hydrogen) atoms. The number of benzene rings is 2. The fourth-order valence-electron chi connectivity index (χ4n) is 4.66. The van der Waals surface area contributed by atoms with Gasteiger partial charge in [0.25, 0.3) is 5.91 Å². The zero-order valence-corrected chi connectivity index (χ0v) is 18.7. The summed E-state index contributed by atoms with van der Waals surface area (Å²) in [7, 11) is 0. The van der Waals surface area contributed by atoms with Gasteiger partial charge >= 0.3 is 0 Å². The lowest BCUT2D eigenvalue weighted by Gasteiger charge is -2.36. The maximum Gasteiger partial charge on any atom is 0.259 e. The Labute approximate surface area is 190 Å². The number of carbonyl (C=O) groups is 2. The van der Waals surface area contributed by atoms with Crippen molar-refractivity contribution >= 4 is 34.4 Å². The van der Waals surface area contributed by atoms with Crippen molar-refractivity contribution in [3.8, 4) is 0 Å². The highest BCUT2D eigenvalue weighted by atomic mass is 32.1. The third kappa shape index (κ3) is 3.54. The van der Waals surface area contributed by atoms with Crippen LogP contribution in [0, 0.1) is 11.2 Å². The fraction of sp³-hybridized carbons (Fsp3) is 0.231. The predicted octanol–water partition coefficient (Wildman–Crippen LogP) is 6.34. The number of amides is 1. The molecule has 2 aromatic carbocycles. The van der Waals surface area contributed by atoms with Crippen LogP contribution in [0.15, 0.2) is 77.3 Å². The molecule has 1 aromatic heterocycles. The van der Waals surface area contributed by atoms with Crippen LogP contribution in [0.25, 0.3) is 0 Å². The molecule has 1 N–H and O–H groups in total. The first kappa shape index (κ1) is 20.6. The van der Waals surface area contributed by atoms with Gasteiger partial charge in [-0.15, -0.1) is 11.3 Å². The number of allylic oxidation sites excluding steroid dienone is 1. The number of hydrogen-bond acceptors (Lipinski definition) is 4. The van der Waals surface area contributed by atoms with Crippen molar-refractivity contribution in [1.82, 2.24) is 0 Å². The van der Waals surface area contributed by atoms with E-state index in [-0.39, 0.29) is 17.1 Å². The molecule has 0 unspecified atom stereocenters. The van der Waals surface area contributed by atoms with Crippen LogP contribution < -0.4 is 10.2 Å². The van der Waals surface area contributed by atoms with Crippen LogP contribution in [-0.4, -0.2) is 11.7 Å². The van der Waals surface area contributed by atoms with E-state index in [4.69, 9.17) is 0 Å². The highest BCUT2D eigenvalue weighted by Crippen LogP contribution is 2.49. The summed E-state index contributed by atoms with van der Waals surface area (Å²) >= 11 is 1.52. The van der Waals surface area contributed by atoms with Crippen LogP contribution in [0.2, 0.25) is 0 Å². The normalized spacial score (nSPS) is 19.7. The quantitative estimate of drug-likeness (QED) is 0.499. The molecule has 3 aromatic rings. The molecule has 0 fully saturated rings. The molecule has 1 aliphatic heterocycles. The van der Waals surface area contributed by atoms with Crippen LogP contribution in [0.4, 0.5) is 15.8 Å². The van der Waals surface area contributed by atoms with E-state index in [9.17, 15) is 14.0 Å². The average Bonchev–Trinajstić information content (AvgIpc) is 3.23. The van der Waals surface area contributed by atoms with Gasteiger partial charge in [-0.2, -0.15) is 0 Å². The smallest absolute Gasteiger partial charge is 0.259 e. The van der Waals surface area contributed by atoms with Gasteiger partial charge in [0.15, 0.2) is 5.78 Å². The summed E-state index contributed by atoms with van der Waals surface area (Å²) < 4.78 is 13.6. The number of rotatable bonds is 2. The molecular formula is C26H23FN2O2S. The molecule has 0 bridgehead atoms. The molecular weight excluding hydrogens is 423 g/mol. The van der Waals surface area contributed by atoms with E-state index in [0.29, 0.717) is 29.7 Å². The second kappa shape index (κ2) is 7.71. The lowest BCUT2D eigenvalue weighted by molar-refractivity contribution is -0.118. The van der Waals surface area contributed by atoms with E-state index >= 15 is 0 Å². The van der Waals surface area contributed by atoms with E-state index in [1.54, 1.807) is 4.90 Å². The summed E-state index contributed by atoms with van der Waals surface area (Å²) in [4.78, 5) is 30.0. The Morgan fingerprint density at radius 3 is 2.53 bits per heavy atom. The molecule has 0 spiro atoms. The Morgan fingerprint density at radius 2 is 1.81 bits per heavy atom. The van der Waals surface area contributed by atoms with Gasteiger partial charge in [0, 0.05) is 28.1 Å². The molecule has 0 saturated carbocycles. The molecule has 2 aliphatic rings.